The Labute approximate surface area is 168 Å². The van der Waals surface area contributed by atoms with Crippen LogP contribution in [0, 0.1) is 0 Å². The molecule has 2 aromatic carbocycles. The molecule has 9 heteroatoms. The Morgan fingerprint density at radius 3 is 2.48 bits per heavy atom. The Morgan fingerprint density at radius 2 is 1.76 bits per heavy atom. The number of Topliss-reactive ketones (excluding diaryl/α,β-unsaturated/α-hetero) is 1. The molecule has 1 aliphatic heterocycles. The second-order valence-electron chi connectivity index (χ2n) is 6.89. The molecule has 0 bridgehead atoms. The Kier molecular flexibility index (Phi) is 4.95. The van der Waals surface area contributed by atoms with E-state index in [-0.39, 0.29) is 21.7 Å². The van der Waals surface area contributed by atoms with Crippen LogP contribution in [0.5, 0.6) is 0 Å². The summed E-state index contributed by atoms with van der Waals surface area (Å²) in [7, 11) is -4.13. The summed E-state index contributed by atoms with van der Waals surface area (Å²) < 4.78 is 23.6. The van der Waals surface area contributed by atoms with Crippen molar-refractivity contribution >= 4 is 33.0 Å². The van der Waals surface area contributed by atoms with Gasteiger partial charge in [-0.3, -0.25) is 9.59 Å². The highest BCUT2D eigenvalue weighted by atomic mass is 32.2. The number of ketones is 2. The minimum absolute atomic E-state index is 0.0183. The van der Waals surface area contributed by atoms with E-state index in [0.29, 0.717) is 5.69 Å². The number of nitrogens with one attached hydrogen (secondary N) is 2. The molecule has 0 atom stereocenters. The monoisotopic (exact) mass is 412 g/mol. The molecule has 150 valence electrons. The summed E-state index contributed by atoms with van der Waals surface area (Å²) in [6.45, 7) is 3.57. The molecule has 0 aromatic heterocycles. The molecule has 4 rings (SSSR count). The molecule has 1 aliphatic carbocycles. The van der Waals surface area contributed by atoms with Crippen LogP contribution in [0.25, 0.3) is 0 Å². The van der Waals surface area contributed by atoms with Gasteiger partial charge in [-0.2, -0.15) is 0 Å². The summed E-state index contributed by atoms with van der Waals surface area (Å²) in [5.41, 5.74) is 1.61. The summed E-state index contributed by atoms with van der Waals surface area (Å²) >= 11 is 0. The fraction of sp³-hybridized carbons (Fsp3) is 0.200. The van der Waals surface area contributed by atoms with Gasteiger partial charge in [0.25, 0.3) is 0 Å². The fourth-order valence-electron chi connectivity index (χ4n) is 3.58. The van der Waals surface area contributed by atoms with Crippen LogP contribution < -0.4 is 20.7 Å². The average Bonchev–Trinajstić information content (AvgIpc) is 2.71. The van der Waals surface area contributed by atoms with E-state index in [9.17, 15) is 18.0 Å². The number of rotatable bonds is 4. The first kappa shape index (κ1) is 19.3. The zero-order valence-corrected chi connectivity index (χ0v) is 16.3. The summed E-state index contributed by atoms with van der Waals surface area (Å²) in [5, 5.41) is 11.5. The highest BCUT2D eigenvalue weighted by Crippen LogP contribution is 2.28. The Hall–Kier alpha value is -3.01. The predicted molar refractivity (Wildman–Crippen MR) is 110 cm³/mol. The molecule has 0 unspecified atom stereocenters. The van der Waals surface area contributed by atoms with E-state index in [1.54, 1.807) is 6.07 Å². The number of sulfonamides is 1. The van der Waals surface area contributed by atoms with Crippen molar-refractivity contribution in [3.63, 3.8) is 0 Å². The topological polar surface area (TPSA) is 122 Å². The van der Waals surface area contributed by atoms with Gasteiger partial charge in [-0.1, -0.05) is 18.2 Å². The van der Waals surface area contributed by atoms with Crippen molar-refractivity contribution in [2.75, 3.05) is 36.4 Å². The van der Waals surface area contributed by atoms with Crippen molar-refractivity contribution in [3.05, 3.63) is 65.4 Å². The van der Waals surface area contributed by atoms with Crippen molar-refractivity contribution in [1.82, 2.24) is 5.32 Å². The Morgan fingerprint density at radius 1 is 1.03 bits per heavy atom. The molecule has 1 fully saturated rings. The molecular weight excluding hydrogens is 392 g/mol. The average molecular weight is 412 g/mol. The van der Waals surface area contributed by atoms with Crippen molar-refractivity contribution in [3.8, 4) is 0 Å². The molecule has 0 amide bonds. The molecular formula is C20H20N4O4S. The quantitative estimate of drug-likeness (QED) is 0.688. The number of fused-ring (bicyclic) bond motifs is 1. The lowest BCUT2D eigenvalue weighted by atomic mass is 9.92. The van der Waals surface area contributed by atoms with Gasteiger partial charge in [-0.05, 0) is 24.3 Å². The van der Waals surface area contributed by atoms with Gasteiger partial charge in [0, 0.05) is 49.2 Å². The van der Waals surface area contributed by atoms with Gasteiger partial charge in [0.05, 0.1) is 16.2 Å². The smallest absolute Gasteiger partial charge is 0.238 e. The molecule has 0 radical (unpaired) electrons. The number of carbonyl (C=O) groups excluding carboxylic acids is 2. The fourth-order valence-corrected chi connectivity index (χ4v) is 4.34. The third kappa shape index (κ3) is 3.80. The van der Waals surface area contributed by atoms with E-state index in [4.69, 9.17) is 5.14 Å². The number of hydrogen-bond donors (Lipinski definition) is 3. The number of hydrogen-bond acceptors (Lipinski definition) is 7. The number of nitrogens with zero attached hydrogens (tertiary/aromatic N) is 1. The maximum atomic E-state index is 12.9. The molecule has 1 heterocycles. The molecule has 1 saturated heterocycles. The van der Waals surface area contributed by atoms with Gasteiger partial charge in [0.15, 0.2) is 5.78 Å². The second kappa shape index (κ2) is 7.43. The van der Waals surface area contributed by atoms with Crippen LogP contribution in [0.15, 0.2) is 59.1 Å². The molecule has 4 N–H and O–H groups in total. The zero-order chi connectivity index (χ0) is 20.6. The van der Waals surface area contributed by atoms with E-state index < -0.39 is 21.6 Å². The van der Waals surface area contributed by atoms with Crippen LogP contribution in [-0.4, -0.2) is 46.2 Å². The van der Waals surface area contributed by atoms with E-state index in [1.165, 1.54) is 18.2 Å². The van der Waals surface area contributed by atoms with Gasteiger partial charge in [-0.15, -0.1) is 0 Å². The van der Waals surface area contributed by atoms with Crippen molar-refractivity contribution in [2.24, 2.45) is 5.14 Å². The number of benzene rings is 2. The van der Waals surface area contributed by atoms with E-state index in [0.717, 1.165) is 37.9 Å². The van der Waals surface area contributed by atoms with Gasteiger partial charge in [-0.25, -0.2) is 13.6 Å². The van der Waals surface area contributed by atoms with Crippen molar-refractivity contribution < 1.29 is 18.0 Å². The highest BCUT2D eigenvalue weighted by molar-refractivity contribution is 7.89. The lowest BCUT2D eigenvalue weighted by Gasteiger charge is -2.29. The van der Waals surface area contributed by atoms with Crippen molar-refractivity contribution in [1.29, 1.82) is 0 Å². The van der Waals surface area contributed by atoms with E-state index in [1.807, 2.05) is 18.2 Å². The number of carbonyl (C=O) groups is 2. The number of primary sulfonamides is 1. The van der Waals surface area contributed by atoms with Crippen LogP contribution >= 0.6 is 0 Å². The Bertz CT molecular complexity index is 1130. The van der Waals surface area contributed by atoms with E-state index in [2.05, 4.69) is 15.5 Å². The first-order valence-corrected chi connectivity index (χ1v) is 10.7. The van der Waals surface area contributed by atoms with Crippen LogP contribution in [0.1, 0.15) is 20.7 Å². The van der Waals surface area contributed by atoms with Crippen LogP contribution in [0.3, 0.4) is 0 Å². The van der Waals surface area contributed by atoms with E-state index >= 15 is 0 Å². The third-order valence-electron chi connectivity index (χ3n) is 4.95. The number of piperazine rings is 1. The summed E-state index contributed by atoms with van der Waals surface area (Å²) in [4.78, 5) is 27.4. The normalized spacial score (nSPS) is 17.0. The predicted octanol–water partition coefficient (Wildman–Crippen LogP) is 1.12. The first-order chi connectivity index (χ1) is 13.8. The maximum Gasteiger partial charge on any atom is 0.238 e. The molecule has 8 nitrogen and oxygen atoms in total. The Balaban J connectivity index is 1.64. The number of nitrogens with two attached hydrogens (primary N) is 1. The van der Waals surface area contributed by atoms with Crippen LogP contribution in [-0.2, 0) is 10.0 Å². The first-order valence-electron chi connectivity index (χ1n) is 9.14. The third-order valence-corrected chi connectivity index (χ3v) is 5.90. The molecule has 2 aromatic rings. The molecule has 2 aliphatic rings. The van der Waals surface area contributed by atoms with Crippen LogP contribution in [0.4, 0.5) is 11.4 Å². The molecule has 0 spiro atoms. The number of allylic oxidation sites excluding steroid dienone is 2. The van der Waals surface area contributed by atoms with Gasteiger partial charge in [0.2, 0.25) is 15.8 Å². The summed E-state index contributed by atoms with van der Waals surface area (Å²) in [6.07, 6.45) is 1.12. The SMILES string of the molecule is NS(=O)(=O)c1cccc2c1C(=O)C=C(Nc1cccc(N3CCNCC3)c1)C2=O. The standard InChI is InChI=1S/C20H20N4O4S/c21-29(27,28)18-6-2-5-15-19(18)17(25)12-16(20(15)26)23-13-3-1-4-14(11-13)24-9-7-22-8-10-24/h1-6,11-12,22-23H,7-10H2,(H2,21,27,28). The zero-order valence-electron chi connectivity index (χ0n) is 15.5. The lowest BCUT2D eigenvalue weighted by Crippen LogP contribution is -2.43. The highest BCUT2D eigenvalue weighted by Gasteiger charge is 2.31. The van der Waals surface area contributed by atoms with Gasteiger partial charge in [0.1, 0.15) is 0 Å². The maximum absolute atomic E-state index is 12.9. The van der Waals surface area contributed by atoms with Gasteiger partial charge >= 0.3 is 0 Å². The van der Waals surface area contributed by atoms with Gasteiger partial charge < -0.3 is 15.5 Å². The minimum Gasteiger partial charge on any atom is -0.369 e. The number of anilines is 2. The molecule has 29 heavy (non-hydrogen) atoms. The lowest BCUT2D eigenvalue weighted by molar-refractivity contribution is 0.0983. The van der Waals surface area contributed by atoms with Crippen LogP contribution in [0.2, 0.25) is 0 Å². The minimum atomic E-state index is -4.13. The summed E-state index contributed by atoms with van der Waals surface area (Å²) in [6, 6.07) is 11.6. The largest absolute Gasteiger partial charge is 0.369 e. The molecule has 0 saturated carbocycles. The second-order valence-corrected chi connectivity index (χ2v) is 8.42. The summed E-state index contributed by atoms with van der Waals surface area (Å²) in [5.74, 6) is -1.04. The van der Waals surface area contributed by atoms with Crippen molar-refractivity contribution in [2.45, 2.75) is 4.90 Å².